The van der Waals surface area contributed by atoms with E-state index in [9.17, 15) is 0 Å². The molecule has 0 aromatic rings. The molecule has 1 heterocycles. The molecule has 1 aliphatic rings. The fourth-order valence-electron chi connectivity index (χ4n) is 0.621. The highest BCUT2D eigenvalue weighted by molar-refractivity contribution is 5.88. The van der Waals surface area contributed by atoms with Gasteiger partial charge in [-0.2, -0.15) is 0 Å². The number of nitrogens with zero attached hydrogens (tertiary/aromatic N) is 1. The zero-order chi connectivity index (χ0) is 5.98. The predicted octanol–water partition coefficient (Wildman–Crippen LogP) is 0.164. The molecule has 44 valence electrons. The van der Waals surface area contributed by atoms with Crippen molar-refractivity contribution in [2.45, 2.75) is 6.92 Å². The summed E-state index contributed by atoms with van der Waals surface area (Å²) in [6.45, 7) is 3.03. The highest BCUT2D eigenvalue weighted by Gasteiger charge is 2.01. The second-order valence-electron chi connectivity index (χ2n) is 2.03. The summed E-state index contributed by atoms with van der Waals surface area (Å²) in [6, 6.07) is 0. The van der Waals surface area contributed by atoms with E-state index >= 15 is 0 Å². The summed E-state index contributed by atoms with van der Waals surface area (Å²) in [6.07, 6.45) is 4.03. The molecule has 1 aliphatic heterocycles. The molecule has 0 unspecified atom stereocenters. The molecule has 0 saturated heterocycles. The third-order valence-electron chi connectivity index (χ3n) is 1.37. The van der Waals surface area contributed by atoms with E-state index in [4.69, 9.17) is 0 Å². The highest BCUT2D eigenvalue weighted by atomic mass is 15.1. The van der Waals surface area contributed by atoms with Gasteiger partial charge < -0.3 is 5.32 Å². The van der Waals surface area contributed by atoms with Crippen molar-refractivity contribution in [1.82, 2.24) is 5.32 Å². The molecule has 1 N–H and O–H groups in total. The first-order valence-corrected chi connectivity index (χ1v) is 2.75. The number of nitrogens with one attached hydrogen (secondary N) is 1. The first-order chi connectivity index (χ1) is 3.80. The first-order valence-electron chi connectivity index (χ1n) is 2.75. The average molecular weight is 111 g/mol. The van der Waals surface area contributed by atoms with Gasteiger partial charge in [-0.3, -0.25) is 0 Å². The van der Waals surface area contributed by atoms with Gasteiger partial charge in [0.1, 0.15) is 7.05 Å². The molecule has 8 heavy (non-hydrogen) atoms. The number of hydrogen-bond acceptors (Lipinski definition) is 1. The SMILES string of the molecule is CC1=[N+](C)CNC=C1. The van der Waals surface area contributed by atoms with E-state index in [1.54, 1.807) is 0 Å². The van der Waals surface area contributed by atoms with Gasteiger partial charge in [0.05, 0.1) is 0 Å². The van der Waals surface area contributed by atoms with E-state index in [0.717, 1.165) is 6.67 Å². The molecule has 0 atom stereocenters. The van der Waals surface area contributed by atoms with E-state index in [-0.39, 0.29) is 0 Å². The Balaban J connectivity index is 2.76. The number of rotatable bonds is 0. The third kappa shape index (κ3) is 0.886. The summed E-state index contributed by atoms with van der Waals surface area (Å²) in [4.78, 5) is 0. The third-order valence-corrected chi connectivity index (χ3v) is 1.37. The van der Waals surface area contributed by atoms with Gasteiger partial charge in [0.15, 0.2) is 5.71 Å². The highest BCUT2D eigenvalue weighted by Crippen LogP contribution is 1.82. The molecule has 0 saturated carbocycles. The summed E-state index contributed by atoms with van der Waals surface area (Å²) in [5.74, 6) is 0. The van der Waals surface area contributed by atoms with Crippen LogP contribution < -0.4 is 5.32 Å². The van der Waals surface area contributed by atoms with Crippen molar-refractivity contribution in [3.63, 3.8) is 0 Å². The van der Waals surface area contributed by atoms with E-state index < -0.39 is 0 Å². The van der Waals surface area contributed by atoms with Gasteiger partial charge in [0.2, 0.25) is 6.67 Å². The van der Waals surface area contributed by atoms with Crippen molar-refractivity contribution in [3.05, 3.63) is 12.3 Å². The summed E-state index contributed by atoms with van der Waals surface area (Å²) in [7, 11) is 2.06. The van der Waals surface area contributed by atoms with Crippen molar-refractivity contribution in [2.75, 3.05) is 13.7 Å². The Labute approximate surface area is 49.5 Å². The Kier molecular flexibility index (Phi) is 1.33. The zero-order valence-corrected chi connectivity index (χ0v) is 5.31. The topological polar surface area (TPSA) is 15.0 Å². The number of allylic oxidation sites excluding steroid dienone is 1. The average Bonchev–Trinajstić information content (AvgIpc) is 1.77. The summed E-state index contributed by atoms with van der Waals surface area (Å²) >= 11 is 0. The Morgan fingerprint density at radius 1 is 1.75 bits per heavy atom. The van der Waals surface area contributed by atoms with Crippen LogP contribution in [0.2, 0.25) is 0 Å². The first kappa shape index (κ1) is 5.35. The van der Waals surface area contributed by atoms with Crippen LogP contribution in [0.5, 0.6) is 0 Å². The van der Waals surface area contributed by atoms with Crippen LogP contribution in [0.4, 0.5) is 0 Å². The standard InChI is InChI=1S/C6H10N2/c1-6-3-4-7-5-8(6)2/h3-4H,5H2,1-2H3/p+1. The minimum Gasteiger partial charge on any atom is -0.337 e. The maximum atomic E-state index is 3.09. The van der Waals surface area contributed by atoms with Crippen molar-refractivity contribution in [1.29, 1.82) is 0 Å². The van der Waals surface area contributed by atoms with Gasteiger partial charge in [-0.25, -0.2) is 4.58 Å². The van der Waals surface area contributed by atoms with E-state index in [1.165, 1.54) is 5.71 Å². The summed E-state index contributed by atoms with van der Waals surface area (Å²) in [5.41, 5.74) is 1.31. The predicted molar refractivity (Wildman–Crippen MR) is 34.0 cm³/mol. The van der Waals surface area contributed by atoms with Crippen LogP contribution in [0, 0.1) is 0 Å². The Morgan fingerprint density at radius 2 is 2.50 bits per heavy atom. The lowest BCUT2D eigenvalue weighted by Gasteiger charge is -2.03. The van der Waals surface area contributed by atoms with E-state index in [0.29, 0.717) is 0 Å². The molecule has 0 aromatic carbocycles. The van der Waals surface area contributed by atoms with Gasteiger partial charge in [-0.05, 0) is 0 Å². The molecule has 1 rings (SSSR count). The van der Waals surface area contributed by atoms with Gasteiger partial charge in [0, 0.05) is 19.2 Å². The van der Waals surface area contributed by atoms with Crippen LogP contribution in [-0.2, 0) is 0 Å². The molecule has 0 bridgehead atoms. The Bertz CT molecular complexity index is 145. The van der Waals surface area contributed by atoms with Crippen molar-refractivity contribution < 1.29 is 4.58 Å². The van der Waals surface area contributed by atoms with E-state index in [1.807, 2.05) is 6.20 Å². The second kappa shape index (κ2) is 1.99. The largest absolute Gasteiger partial charge is 0.337 e. The van der Waals surface area contributed by atoms with Crippen molar-refractivity contribution >= 4 is 5.71 Å². The van der Waals surface area contributed by atoms with Crippen molar-refractivity contribution in [3.8, 4) is 0 Å². The fourth-order valence-corrected chi connectivity index (χ4v) is 0.621. The fraction of sp³-hybridized carbons (Fsp3) is 0.500. The zero-order valence-electron chi connectivity index (χ0n) is 5.31. The van der Waals surface area contributed by atoms with Gasteiger partial charge in [0.25, 0.3) is 0 Å². The van der Waals surface area contributed by atoms with Crippen LogP contribution in [0.15, 0.2) is 12.3 Å². The van der Waals surface area contributed by atoms with Crippen LogP contribution >= 0.6 is 0 Å². The van der Waals surface area contributed by atoms with Crippen LogP contribution in [0.3, 0.4) is 0 Å². The molecule has 0 amide bonds. The molecule has 0 fully saturated rings. The van der Waals surface area contributed by atoms with Crippen molar-refractivity contribution in [2.24, 2.45) is 0 Å². The molecule has 2 heteroatoms. The molecule has 0 aliphatic carbocycles. The summed E-state index contributed by atoms with van der Waals surface area (Å²) in [5, 5.41) is 3.09. The molecule has 0 radical (unpaired) electrons. The molecular weight excluding hydrogens is 100 g/mol. The normalized spacial score (nSPS) is 18.8. The Morgan fingerprint density at radius 3 is 2.88 bits per heavy atom. The summed E-state index contributed by atoms with van der Waals surface area (Å²) < 4.78 is 2.15. The van der Waals surface area contributed by atoms with Crippen LogP contribution in [0.1, 0.15) is 6.92 Å². The van der Waals surface area contributed by atoms with Gasteiger partial charge >= 0.3 is 0 Å². The number of hydrogen-bond donors (Lipinski definition) is 1. The van der Waals surface area contributed by atoms with Gasteiger partial charge in [-0.1, -0.05) is 0 Å². The van der Waals surface area contributed by atoms with Crippen LogP contribution in [0.25, 0.3) is 0 Å². The van der Waals surface area contributed by atoms with Gasteiger partial charge in [-0.15, -0.1) is 0 Å². The molecule has 2 nitrogen and oxygen atoms in total. The minimum atomic E-state index is 0.933. The maximum Gasteiger partial charge on any atom is 0.215 e. The minimum absolute atomic E-state index is 0.933. The van der Waals surface area contributed by atoms with E-state index in [2.05, 4.69) is 29.9 Å². The monoisotopic (exact) mass is 111 g/mol. The smallest absolute Gasteiger partial charge is 0.215 e. The lowest BCUT2D eigenvalue weighted by atomic mass is 10.4. The maximum absolute atomic E-state index is 3.09. The molecule has 0 spiro atoms. The lowest BCUT2D eigenvalue weighted by molar-refractivity contribution is -0.502. The quantitative estimate of drug-likeness (QED) is 0.440. The molecule has 0 aromatic heterocycles. The second-order valence-corrected chi connectivity index (χ2v) is 2.03. The van der Waals surface area contributed by atoms with Crippen LogP contribution in [-0.4, -0.2) is 24.0 Å². The lowest BCUT2D eigenvalue weighted by Crippen LogP contribution is -2.27. The Hall–Kier alpha value is -0.790. The molecular formula is C6H11N2+.